The number of carbonyl (C=O) groups excluding carboxylic acids is 2. The monoisotopic (exact) mass is 434 g/mol. The van der Waals surface area contributed by atoms with Gasteiger partial charge in [0.15, 0.2) is 11.5 Å². The smallest absolute Gasteiger partial charge is 0.237 e. The van der Waals surface area contributed by atoms with Gasteiger partial charge in [0.1, 0.15) is 0 Å². The molecule has 2 amide bonds. The van der Waals surface area contributed by atoms with Crippen LogP contribution in [0, 0.1) is 5.41 Å². The number of rotatable bonds is 6. The molecule has 0 radical (unpaired) electrons. The fraction of sp³-hybridized carbons (Fsp3) is 0.500. The van der Waals surface area contributed by atoms with Crippen molar-refractivity contribution in [2.75, 3.05) is 10.2 Å². The lowest BCUT2D eigenvalue weighted by atomic mass is 9.77. The molecule has 2 aromatic heterocycles. The Bertz CT molecular complexity index is 1230. The third-order valence-corrected chi connectivity index (χ3v) is 7.39. The summed E-state index contributed by atoms with van der Waals surface area (Å²) in [5.41, 5.74) is 4.03. The molecule has 1 aliphatic carbocycles. The number of hydrogen-bond acceptors (Lipinski definition) is 4. The van der Waals surface area contributed by atoms with Gasteiger partial charge in [-0.15, -0.1) is 0 Å². The van der Waals surface area contributed by atoms with Crippen LogP contribution < -0.4 is 10.2 Å². The van der Waals surface area contributed by atoms with Crippen LogP contribution in [0.2, 0.25) is 0 Å². The van der Waals surface area contributed by atoms with Gasteiger partial charge in [-0.25, -0.2) is 4.98 Å². The van der Waals surface area contributed by atoms with E-state index >= 15 is 0 Å². The van der Waals surface area contributed by atoms with Crippen LogP contribution in [0.25, 0.3) is 22.6 Å². The van der Waals surface area contributed by atoms with Gasteiger partial charge in [-0.1, -0.05) is 20.8 Å². The molecule has 168 valence electrons. The number of H-pyrrole nitrogens is 2. The molecule has 8 heteroatoms. The fourth-order valence-electron chi connectivity index (χ4n) is 4.90. The van der Waals surface area contributed by atoms with E-state index in [1.54, 1.807) is 6.20 Å². The summed E-state index contributed by atoms with van der Waals surface area (Å²) in [4.78, 5) is 36.0. The van der Waals surface area contributed by atoms with Crippen LogP contribution in [0.15, 0.2) is 18.3 Å². The van der Waals surface area contributed by atoms with Gasteiger partial charge in [-0.3, -0.25) is 14.7 Å². The Hall–Kier alpha value is -3.16. The number of amides is 2. The topological polar surface area (TPSA) is 107 Å². The van der Waals surface area contributed by atoms with Crippen LogP contribution >= 0.6 is 0 Å². The molecule has 0 spiro atoms. The van der Waals surface area contributed by atoms with E-state index in [0.717, 1.165) is 48.0 Å². The standard InChI is InChI=1S/C24H30N6O2/c1-6-24(7-2)14-10-15-16(11-18(14)30(13(3)4)22(24)32)27-20(26-15)19-17(12-25-29-19)28-21(31)23(5)8-9-23/h10-13H,6-9H2,1-5H3,(H,25,29)(H,26,27)(H,28,31). The van der Waals surface area contributed by atoms with Gasteiger partial charge >= 0.3 is 0 Å². The Labute approximate surface area is 187 Å². The van der Waals surface area contributed by atoms with Gasteiger partial charge in [0, 0.05) is 17.7 Å². The third kappa shape index (κ3) is 2.81. The molecule has 1 aromatic carbocycles. The zero-order valence-corrected chi connectivity index (χ0v) is 19.3. The molecule has 2 aliphatic rings. The number of carbonyl (C=O) groups is 2. The second kappa shape index (κ2) is 6.92. The van der Waals surface area contributed by atoms with Gasteiger partial charge in [-0.05, 0) is 57.2 Å². The van der Waals surface area contributed by atoms with Crippen LogP contribution in [-0.2, 0) is 15.0 Å². The second-order valence-corrected chi connectivity index (χ2v) is 9.69. The first-order valence-corrected chi connectivity index (χ1v) is 11.5. The highest BCUT2D eigenvalue weighted by atomic mass is 16.2. The van der Waals surface area contributed by atoms with Crippen LogP contribution in [0.3, 0.4) is 0 Å². The molecule has 3 N–H and O–H groups in total. The molecular weight excluding hydrogens is 404 g/mol. The lowest BCUT2D eigenvalue weighted by Crippen LogP contribution is -2.42. The Morgan fingerprint density at radius 3 is 2.59 bits per heavy atom. The van der Waals surface area contributed by atoms with Crippen molar-refractivity contribution in [3.8, 4) is 11.5 Å². The van der Waals surface area contributed by atoms with Crippen LogP contribution in [-0.4, -0.2) is 38.0 Å². The molecule has 5 rings (SSSR count). The molecule has 1 saturated carbocycles. The van der Waals surface area contributed by atoms with E-state index in [1.807, 2.05) is 31.7 Å². The van der Waals surface area contributed by atoms with Crippen molar-refractivity contribution in [2.45, 2.75) is 71.8 Å². The van der Waals surface area contributed by atoms with Gasteiger partial charge in [0.25, 0.3) is 0 Å². The minimum absolute atomic E-state index is 0.0111. The average Bonchev–Trinajstić information content (AvgIpc) is 3.11. The molecule has 3 heterocycles. The Morgan fingerprint density at radius 1 is 1.25 bits per heavy atom. The number of nitrogens with zero attached hydrogens (tertiary/aromatic N) is 3. The summed E-state index contributed by atoms with van der Waals surface area (Å²) in [6.45, 7) is 10.2. The minimum atomic E-state index is -0.510. The largest absolute Gasteiger partial charge is 0.337 e. The van der Waals surface area contributed by atoms with Crippen LogP contribution in [0.1, 0.15) is 65.9 Å². The van der Waals surface area contributed by atoms with Crippen molar-refractivity contribution in [1.82, 2.24) is 20.2 Å². The average molecular weight is 435 g/mol. The summed E-state index contributed by atoms with van der Waals surface area (Å²) in [6.07, 6.45) is 5.00. The summed E-state index contributed by atoms with van der Waals surface area (Å²) in [7, 11) is 0. The van der Waals surface area contributed by atoms with E-state index in [-0.39, 0.29) is 23.3 Å². The summed E-state index contributed by atoms with van der Waals surface area (Å²) >= 11 is 0. The van der Waals surface area contributed by atoms with Crippen molar-refractivity contribution in [1.29, 1.82) is 0 Å². The molecule has 8 nitrogen and oxygen atoms in total. The van der Waals surface area contributed by atoms with Crippen molar-refractivity contribution >= 4 is 34.2 Å². The zero-order chi connectivity index (χ0) is 22.8. The summed E-state index contributed by atoms with van der Waals surface area (Å²) in [6, 6.07) is 4.14. The van der Waals surface area contributed by atoms with E-state index in [0.29, 0.717) is 17.2 Å². The van der Waals surface area contributed by atoms with E-state index in [4.69, 9.17) is 4.98 Å². The number of aromatic nitrogens is 4. The quantitative estimate of drug-likeness (QED) is 0.531. The van der Waals surface area contributed by atoms with Crippen LogP contribution in [0.5, 0.6) is 0 Å². The molecule has 0 bridgehead atoms. The number of hydrogen-bond donors (Lipinski definition) is 3. The zero-order valence-electron chi connectivity index (χ0n) is 19.3. The number of fused-ring (bicyclic) bond motifs is 2. The van der Waals surface area contributed by atoms with Gasteiger partial charge in [0.05, 0.1) is 27.8 Å². The highest BCUT2D eigenvalue weighted by Crippen LogP contribution is 2.49. The predicted octanol–water partition coefficient (Wildman–Crippen LogP) is 4.50. The molecular formula is C24H30N6O2. The predicted molar refractivity (Wildman–Crippen MR) is 125 cm³/mol. The lowest BCUT2D eigenvalue weighted by Gasteiger charge is -2.27. The Morgan fingerprint density at radius 2 is 1.97 bits per heavy atom. The highest BCUT2D eigenvalue weighted by molar-refractivity contribution is 6.10. The maximum atomic E-state index is 13.4. The molecule has 0 unspecified atom stereocenters. The van der Waals surface area contributed by atoms with Crippen molar-refractivity contribution in [3.05, 3.63) is 23.9 Å². The summed E-state index contributed by atoms with van der Waals surface area (Å²) < 4.78 is 0. The molecule has 0 atom stereocenters. The highest BCUT2D eigenvalue weighted by Gasteiger charge is 2.49. The number of nitrogens with one attached hydrogen (secondary N) is 3. The second-order valence-electron chi connectivity index (χ2n) is 9.69. The summed E-state index contributed by atoms with van der Waals surface area (Å²) in [5, 5.41) is 10.2. The van der Waals surface area contributed by atoms with E-state index in [1.165, 1.54) is 0 Å². The van der Waals surface area contributed by atoms with Crippen LogP contribution in [0.4, 0.5) is 11.4 Å². The molecule has 3 aromatic rings. The summed E-state index contributed by atoms with van der Waals surface area (Å²) in [5.74, 6) is 0.769. The number of anilines is 2. The van der Waals surface area contributed by atoms with Crippen molar-refractivity contribution in [2.24, 2.45) is 5.41 Å². The minimum Gasteiger partial charge on any atom is -0.337 e. The van der Waals surface area contributed by atoms with Crippen molar-refractivity contribution < 1.29 is 9.59 Å². The van der Waals surface area contributed by atoms with Gasteiger partial charge < -0.3 is 15.2 Å². The van der Waals surface area contributed by atoms with E-state index < -0.39 is 5.41 Å². The normalized spacial score (nSPS) is 18.4. The van der Waals surface area contributed by atoms with Gasteiger partial charge in [-0.2, -0.15) is 5.10 Å². The van der Waals surface area contributed by atoms with E-state index in [9.17, 15) is 9.59 Å². The number of imidazole rings is 1. The van der Waals surface area contributed by atoms with E-state index in [2.05, 4.69) is 40.4 Å². The maximum absolute atomic E-state index is 13.4. The van der Waals surface area contributed by atoms with Gasteiger partial charge in [0.2, 0.25) is 11.8 Å². The first kappa shape index (κ1) is 20.7. The number of benzene rings is 1. The fourth-order valence-corrected chi connectivity index (χ4v) is 4.90. The molecule has 1 fully saturated rings. The SMILES string of the molecule is CCC1(CC)C(=O)N(C(C)C)c2cc3nc(-c4n[nH]cc4NC(=O)C4(C)CC4)[nH]c3cc21. The molecule has 1 aliphatic heterocycles. The third-order valence-electron chi connectivity index (χ3n) is 7.39. The van der Waals surface area contributed by atoms with Crippen molar-refractivity contribution in [3.63, 3.8) is 0 Å². The first-order valence-electron chi connectivity index (χ1n) is 11.5. The molecule has 0 saturated heterocycles. The maximum Gasteiger partial charge on any atom is 0.237 e. The Kier molecular flexibility index (Phi) is 4.48. The molecule has 32 heavy (non-hydrogen) atoms. The Balaban J connectivity index is 1.58. The first-order chi connectivity index (χ1) is 15.2. The number of aromatic amines is 2. The lowest BCUT2D eigenvalue weighted by molar-refractivity contribution is -0.123.